The lowest BCUT2D eigenvalue weighted by Gasteiger charge is -2.01. The van der Waals surface area contributed by atoms with Gasteiger partial charge in [-0.15, -0.1) is 0 Å². The molecule has 0 amide bonds. The molecule has 1 aromatic rings. The zero-order valence-corrected chi connectivity index (χ0v) is 9.36. The van der Waals surface area contributed by atoms with Crippen LogP contribution in [0.5, 0.6) is 0 Å². The van der Waals surface area contributed by atoms with E-state index in [0.29, 0.717) is 16.8 Å². The van der Waals surface area contributed by atoms with Crippen LogP contribution in [0.4, 0.5) is 0 Å². The number of allylic oxidation sites excluding steroid dienone is 3. The third-order valence-electron chi connectivity index (χ3n) is 2.85. The molecule has 2 N–H and O–H groups in total. The Balaban J connectivity index is 2.30. The van der Waals surface area contributed by atoms with Gasteiger partial charge in [0.2, 0.25) is 0 Å². The third kappa shape index (κ3) is 1.91. The Hall–Kier alpha value is -1.83. The first-order valence-electron chi connectivity index (χ1n) is 5.50. The van der Waals surface area contributed by atoms with Crippen molar-refractivity contribution in [3.05, 3.63) is 58.8 Å². The summed E-state index contributed by atoms with van der Waals surface area (Å²) in [6.45, 7) is 2.08. The lowest BCUT2D eigenvalue weighted by molar-refractivity contribution is 0.103. The van der Waals surface area contributed by atoms with E-state index in [4.69, 9.17) is 5.73 Å². The molecular formula is C14H15NO. The first-order chi connectivity index (χ1) is 7.72. The van der Waals surface area contributed by atoms with Gasteiger partial charge in [0.25, 0.3) is 0 Å². The number of carbonyl (C=O) groups is 1. The highest BCUT2D eigenvalue weighted by Gasteiger charge is 2.19. The van der Waals surface area contributed by atoms with Crippen LogP contribution in [0.2, 0.25) is 0 Å². The van der Waals surface area contributed by atoms with E-state index in [1.165, 1.54) is 5.57 Å². The monoisotopic (exact) mass is 213 g/mol. The van der Waals surface area contributed by atoms with E-state index in [0.717, 1.165) is 12.8 Å². The highest BCUT2D eigenvalue weighted by atomic mass is 16.1. The smallest absolute Gasteiger partial charge is 0.194 e. The van der Waals surface area contributed by atoms with Crippen molar-refractivity contribution < 1.29 is 4.79 Å². The lowest BCUT2D eigenvalue weighted by Crippen LogP contribution is -2.06. The summed E-state index contributed by atoms with van der Waals surface area (Å²) in [5.74, 6) is 0.0292. The molecule has 82 valence electrons. The highest BCUT2D eigenvalue weighted by Crippen LogP contribution is 2.26. The van der Waals surface area contributed by atoms with Gasteiger partial charge >= 0.3 is 0 Å². The Morgan fingerprint density at radius 2 is 2.00 bits per heavy atom. The molecule has 0 aliphatic heterocycles. The van der Waals surface area contributed by atoms with Crippen LogP contribution >= 0.6 is 0 Å². The number of hydrogen-bond acceptors (Lipinski definition) is 2. The molecule has 1 aliphatic rings. The number of hydrogen-bond donors (Lipinski definition) is 1. The average molecular weight is 213 g/mol. The van der Waals surface area contributed by atoms with Gasteiger partial charge in [0.05, 0.1) is 0 Å². The standard InChI is InChI=1S/C14H15NO/c1-2-10-8-12(13(15)9-10)14(16)11-6-4-3-5-7-11/h3-8H,2,9,15H2,1H3. The van der Waals surface area contributed by atoms with Crippen LogP contribution in [0.1, 0.15) is 30.1 Å². The predicted molar refractivity (Wildman–Crippen MR) is 65.0 cm³/mol. The van der Waals surface area contributed by atoms with Gasteiger partial charge in [-0.2, -0.15) is 0 Å². The van der Waals surface area contributed by atoms with Crippen molar-refractivity contribution in [2.75, 3.05) is 0 Å². The molecule has 0 atom stereocenters. The highest BCUT2D eigenvalue weighted by molar-refractivity contribution is 6.11. The summed E-state index contributed by atoms with van der Waals surface area (Å²) in [5.41, 5.74) is 9.20. The third-order valence-corrected chi connectivity index (χ3v) is 2.85. The van der Waals surface area contributed by atoms with E-state index in [2.05, 4.69) is 6.92 Å². The zero-order chi connectivity index (χ0) is 11.5. The first kappa shape index (κ1) is 10.7. The van der Waals surface area contributed by atoms with E-state index in [1.54, 1.807) is 0 Å². The first-order valence-corrected chi connectivity index (χ1v) is 5.50. The molecule has 0 bridgehead atoms. The summed E-state index contributed by atoms with van der Waals surface area (Å²) in [5, 5.41) is 0. The van der Waals surface area contributed by atoms with Crippen LogP contribution < -0.4 is 5.73 Å². The normalized spacial score (nSPS) is 15.2. The molecule has 0 fully saturated rings. The molecule has 1 aliphatic carbocycles. The van der Waals surface area contributed by atoms with Crippen molar-refractivity contribution >= 4 is 5.78 Å². The predicted octanol–water partition coefficient (Wildman–Crippen LogP) is 2.82. The molecule has 0 saturated heterocycles. The van der Waals surface area contributed by atoms with Gasteiger partial charge in [0.1, 0.15) is 0 Å². The minimum atomic E-state index is 0.0292. The molecular weight excluding hydrogens is 198 g/mol. The SMILES string of the molecule is CCC1=CC(C(=O)c2ccccc2)=C(N)C1. The summed E-state index contributed by atoms with van der Waals surface area (Å²) < 4.78 is 0. The molecule has 0 aromatic heterocycles. The Morgan fingerprint density at radius 1 is 1.31 bits per heavy atom. The van der Waals surface area contributed by atoms with E-state index in [-0.39, 0.29) is 5.78 Å². The van der Waals surface area contributed by atoms with Gasteiger partial charge in [-0.25, -0.2) is 0 Å². The van der Waals surface area contributed by atoms with Crippen LogP contribution in [-0.4, -0.2) is 5.78 Å². The van der Waals surface area contributed by atoms with Gasteiger partial charge in [0.15, 0.2) is 5.78 Å². The Kier molecular flexibility index (Phi) is 2.91. The Bertz CT molecular complexity index is 469. The fourth-order valence-corrected chi connectivity index (χ4v) is 1.87. The van der Waals surface area contributed by atoms with Crippen LogP contribution in [-0.2, 0) is 0 Å². The fraction of sp³-hybridized carbons (Fsp3) is 0.214. The summed E-state index contributed by atoms with van der Waals surface area (Å²) in [4.78, 5) is 12.1. The van der Waals surface area contributed by atoms with Crippen molar-refractivity contribution in [1.29, 1.82) is 0 Å². The van der Waals surface area contributed by atoms with E-state index in [1.807, 2.05) is 36.4 Å². The number of ketones is 1. The van der Waals surface area contributed by atoms with E-state index < -0.39 is 0 Å². The average Bonchev–Trinajstić information content (AvgIpc) is 2.71. The molecule has 2 nitrogen and oxygen atoms in total. The second-order valence-corrected chi connectivity index (χ2v) is 3.97. The second-order valence-electron chi connectivity index (χ2n) is 3.97. The molecule has 2 heteroatoms. The largest absolute Gasteiger partial charge is 0.401 e. The van der Waals surface area contributed by atoms with Crippen molar-refractivity contribution in [2.45, 2.75) is 19.8 Å². The topological polar surface area (TPSA) is 43.1 Å². The molecule has 0 heterocycles. The van der Waals surface area contributed by atoms with Gasteiger partial charge in [0, 0.05) is 23.3 Å². The molecule has 0 unspecified atom stereocenters. The second kappa shape index (κ2) is 4.35. The maximum atomic E-state index is 12.1. The number of Topliss-reactive ketones (excluding diaryl/α,β-unsaturated/α-hetero) is 1. The van der Waals surface area contributed by atoms with Crippen molar-refractivity contribution in [3.63, 3.8) is 0 Å². The number of nitrogens with two attached hydrogens (primary N) is 1. The molecule has 2 rings (SSSR count). The minimum Gasteiger partial charge on any atom is -0.401 e. The number of carbonyl (C=O) groups excluding carboxylic acids is 1. The summed E-state index contributed by atoms with van der Waals surface area (Å²) in [6, 6.07) is 9.27. The summed E-state index contributed by atoms with van der Waals surface area (Å²) in [7, 11) is 0. The van der Waals surface area contributed by atoms with E-state index in [9.17, 15) is 4.79 Å². The Morgan fingerprint density at radius 3 is 2.56 bits per heavy atom. The molecule has 16 heavy (non-hydrogen) atoms. The van der Waals surface area contributed by atoms with Crippen LogP contribution in [0, 0.1) is 0 Å². The molecule has 1 aromatic carbocycles. The van der Waals surface area contributed by atoms with Crippen LogP contribution in [0.3, 0.4) is 0 Å². The van der Waals surface area contributed by atoms with Crippen LogP contribution in [0.15, 0.2) is 53.3 Å². The van der Waals surface area contributed by atoms with Crippen molar-refractivity contribution in [2.24, 2.45) is 5.73 Å². The maximum Gasteiger partial charge on any atom is 0.194 e. The van der Waals surface area contributed by atoms with Gasteiger partial charge < -0.3 is 5.73 Å². The number of rotatable bonds is 3. The lowest BCUT2D eigenvalue weighted by atomic mass is 10.0. The van der Waals surface area contributed by atoms with Gasteiger partial charge in [-0.05, 0) is 12.5 Å². The number of benzene rings is 1. The summed E-state index contributed by atoms with van der Waals surface area (Å²) in [6.07, 6.45) is 3.63. The van der Waals surface area contributed by atoms with Crippen molar-refractivity contribution in [1.82, 2.24) is 0 Å². The van der Waals surface area contributed by atoms with E-state index >= 15 is 0 Å². The zero-order valence-electron chi connectivity index (χ0n) is 9.36. The van der Waals surface area contributed by atoms with Gasteiger partial charge in [-0.3, -0.25) is 4.79 Å². The van der Waals surface area contributed by atoms with Crippen molar-refractivity contribution in [3.8, 4) is 0 Å². The fourth-order valence-electron chi connectivity index (χ4n) is 1.87. The molecule has 0 spiro atoms. The van der Waals surface area contributed by atoms with Crippen LogP contribution in [0.25, 0.3) is 0 Å². The summed E-state index contributed by atoms with van der Waals surface area (Å²) >= 11 is 0. The quantitative estimate of drug-likeness (QED) is 0.784. The molecule has 0 radical (unpaired) electrons. The maximum absolute atomic E-state index is 12.1. The van der Waals surface area contributed by atoms with Gasteiger partial charge in [-0.1, -0.05) is 42.8 Å². The Labute approximate surface area is 95.5 Å². The minimum absolute atomic E-state index is 0.0292. The molecule has 0 saturated carbocycles.